The van der Waals surface area contributed by atoms with Gasteiger partial charge in [-0.15, -0.1) is 0 Å². The molecule has 0 aromatic heterocycles. The Hall–Kier alpha value is -3.71. The smallest absolute Gasteiger partial charge is 0.331 e. The molecule has 12 N–H and O–H groups in total. The number of carbonyl (C=O) groups excluding carboxylic acids is 1. The van der Waals surface area contributed by atoms with Crippen LogP contribution >= 0.6 is 0 Å². The Morgan fingerprint density at radius 1 is 0.704 bits per heavy atom. The Bertz CT molecular complexity index is 1570. The van der Waals surface area contributed by atoms with Crippen molar-refractivity contribution in [3.8, 4) is 23.0 Å². The SMILES string of the molecule is O=C(C=Cc1ccc(O)c(O)c1)O[C@H]1[C@H](O[C@@H]2OC[C@@H](O)[C@H](O)[C@H]2O)[C@@H](O)[C@H](OCCc2ccc(O)c(O)c2)O[C@@H]1CO[C@@H]1O[C@H](CO)[C@@H](O)[C@H](O)[C@H]1O. The third kappa shape index (κ3) is 9.74. The van der Waals surface area contributed by atoms with Gasteiger partial charge in [-0.2, -0.15) is 0 Å². The first-order valence-electron chi connectivity index (χ1n) is 16.8. The van der Waals surface area contributed by atoms with Crippen molar-refractivity contribution in [3.05, 3.63) is 53.6 Å². The Kier molecular flexibility index (Phi) is 14.0. The van der Waals surface area contributed by atoms with Gasteiger partial charge in [0.15, 0.2) is 48.0 Å². The number of benzene rings is 2. The predicted molar refractivity (Wildman–Crippen MR) is 175 cm³/mol. The van der Waals surface area contributed by atoms with E-state index < -0.39 is 123 Å². The van der Waals surface area contributed by atoms with Crippen molar-refractivity contribution in [3.63, 3.8) is 0 Å². The molecule has 0 bridgehead atoms. The lowest BCUT2D eigenvalue weighted by Gasteiger charge is -2.46. The summed E-state index contributed by atoms with van der Waals surface area (Å²) in [6.45, 7) is -2.13. The van der Waals surface area contributed by atoms with E-state index in [0.717, 1.165) is 12.1 Å². The number of esters is 1. The molecule has 14 atom stereocenters. The molecule has 0 spiro atoms. The standard InChI is InChI=1S/C34H44O20/c35-11-21-25(43)26(44)28(46)32(51-21)50-13-22-30(53-23(41)6-3-14-1-4-16(36)18(38)9-14)31(54-33-27(45)24(42)20(40)12-49-33)29(47)34(52-22)48-8-7-15-2-5-17(37)19(39)10-15/h1-6,9-10,20-22,24-40,42-47H,7-8,11-13H2/t20-,21-,22-,24+,25-,26+,27-,28-,29-,30-,31-,32-,33+,34-/m1/s1. The molecular weight excluding hydrogens is 728 g/mol. The highest BCUT2D eigenvalue weighted by molar-refractivity contribution is 5.87. The van der Waals surface area contributed by atoms with Crippen LogP contribution in [0.25, 0.3) is 6.08 Å². The van der Waals surface area contributed by atoms with Crippen molar-refractivity contribution < 1.29 is 99.2 Å². The lowest BCUT2D eigenvalue weighted by molar-refractivity contribution is -0.358. The number of hydrogen-bond donors (Lipinski definition) is 12. The molecule has 20 heteroatoms. The van der Waals surface area contributed by atoms with E-state index in [2.05, 4.69) is 0 Å². The van der Waals surface area contributed by atoms with E-state index in [9.17, 15) is 66.1 Å². The summed E-state index contributed by atoms with van der Waals surface area (Å²) in [4.78, 5) is 13.2. The second-order valence-corrected chi connectivity index (χ2v) is 12.8. The first-order valence-corrected chi connectivity index (χ1v) is 16.8. The second kappa shape index (κ2) is 18.3. The number of phenolic OH excluding ortho intramolecular Hbond substituents is 4. The maximum Gasteiger partial charge on any atom is 0.331 e. The van der Waals surface area contributed by atoms with Crippen LogP contribution in [0.1, 0.15) is 11.1 Å². The number of carbonyl (C=O) groups is 1. The summed E-state index contributed by atoms with van der Waals surface area (Å²) < 4.78 is 39.8. The van der Waals surface area contributed by atoms with Gasteiger partial charge in [-0.05, 0) is 47.9 Å². The largest absolute Gasteiger partial charge is 0.504 e. The van der Waals surface area contributed by atoms with Crippen LogP contribution < -0.4 is 0 Å². The van der Waals surface area contributed by atoms with Gasteiger partial charge in [0.05, 0.1) is 26.4 Å². The maximum atomic E-state index is 13.2. The zero-order valence-corrected chi connectivity index (χ0v) is 28.4. The quantitative estimate of drug-likeness (QED) is 0.0532. The summed E-state index contributed by atoms with van der Waals surface area (Å²) in [5, 5.41) is 122. The first-order chi connectivity index (χ1) is 25.7. The summed E-state index contributed by atoms with van der Waals surface area (Å²) in [6.07, 6.45) is -21.3. The molecule has 0 saturated carbocycles. The lowest BCUT2D eigenvalue weighted by atomic mass is 9.97. The number of hydrogen-bond acceptors (Lipinski definition) is 20. The molecule has 0 unspecified atom stereocenters. The van der Waals surface area contributed by atoms with Crippen LogP contribution in [0.4, 0.5) is 0 Å². The van der Waals surface area contributed by atoms with Crippen LogP contribution in [0.15, 0.2) is 42.5 Å². The Morgan fingerprint density at radius 2 is 1.35 bits per heavy atom. The van der Waals surface area contributed by atoms with Gasteiger partial charge in [-0.25, -0.2) is 4.79 Å². The number of aliphatic hydroxyl groups is 8. The molecule has 3 aliphatic rings. The molecule has 20 nitrogen and oxygen atoms in total. The van der Waals surface area contributed by atoms with Gasteiger partial charge in [0.25, 0.3) is 0 Å². The maximum absolute atomic E-state index is 13.2. The number of rotatable bonds is 13. The van der Waals surface area contributed by atoms with Crippen molar-refractivity contribution in [2.45, 2.75) is 92.4 Å². The average Bonchev–Trinajstić information content (AvgIpc) is 3.15. The van der Waals surface area contributed by atoms with Gasteiger partial charge >= 0.3 is 5.97 Å². The summed E-state index contributed by atoms with van der Waals surface area (Å²) in [7, 11) is 0. The van der Waals surface area contributed by atoms with Crippen LogP contribution in [-0.2, 0) is 44.4 Å². The molecule has 3 aliphatic heterocycles. The minimum atomic E-state index is -1.87. The monoisotopic (exact) mass is 772 g/mol. The number of aliphatic hydroxyl groups excluding tert-OH is 8. The fourth-order valence-corrected chi connectivity index (χ4v) is 5.91. The zero-order valence-electron chi connectivity index (χ0n) is 28.4. The topological polar surface area (TPSA) is 324 Å². The number of ether oxygens (including phenoxy) is 7. The van der Waals surface area contributed by atoms with Gasteiger partial charge in [0.2, 0.25) is 0 Å². The van der Waals surface area contributed by atoms with Crippen molar-refractivity contribution in [2.24, 2.45) is 0 Å². The minimum absolute atomic E-state index is 0.114. The van der Waals surface area contributed by atoms with E-state index in [1.807, 2.05) is 0 Å². The highest BCUT2D eigenvalue weighted by atomic mass is 16.8. The summed E-state index contributed by atoms with van der Waals surface area (Å²) in [5.41, 5.74) is 0.775. The van der Waals surface area contributed by atoms with Crippen LogP contribution in [0.5, 0.6) is 23.0 Å². The highest BCUT2D eigenvalue weighted by Crippen LogP contribution is 2.33. The molecule has 3 saturated heterocycles. The molecule has 54 heavy (non-hydrogen) atoms. The molecule has 2 aromatic rings. The van der Waals surface area contributed by atoms with Gasteiger partial charge in [-0.1, -0.05) is 12.1 Å². The van der Waals surface area contributed by atoms with E-state index in [1.54, 1.807) is 0 Å². The zero-order chi connectivity index (χ0) is 39.3. The Labute approximate surface area is 306 Å². The lowest BCUT2D eigenvalue weighted by Crippen LogP contribution is -2.65. The molecule has 5 rings (SSSR count). The minimum Gasteiger partial charge on any atom is -0.504 e. The molecule has 3 fully saturated rings. The van der Waals surface area contributed by atoms with Crippen molar-refractivity contribution >= 4 is 12.0 Å². The third-order valence-corrected chi connectivity index (χ3v) is 9.01. The molecule has 0 radical (unpaired) electrons. The Morgan fingerprint density at radius 3 is 2.04 bits per heavy atom. The fourth-order valence-electron chi connectivity index (χ4n) is 5.91. The molecule has 300 valence electrons. The summed E-state index contributed by atoms with van der Waals surface area (Å²) in [5.74, 6) is -2.70. The molecule has 0 aliphatic carbocycles. The fraction of sp³-hybridized carbons (Fsp3) is 0.559. The van der Waals surface area contributed by atoms with Gasteiger partial charge in [0.1, 0.15) is 61.0 Å². The molecule has 0 amide bonds. The molecule has 3 heterocycles. The Balaban J connectivity index is 1.42. The summed E-state index contributed by atoms with van der Waals surface area (Å²) >= 11 is 0. The first kappa shape index (κ1) is 41.5. The van der Waals surface area contributed by atoms with E-state index >= 15 is 0 Å². The number of phenols is 4. The van der Waals surface area contributed by atoms with Crippen molar-refractivity contribution in [1.29, 1.82) is 0 Å². The van der Waals surface area contributed by atoms with E-state index in [0.29, 0.717) is 5.56 Å². The second-order valence-electron chi connectivity index (χ2n) is 12.8. The average molecular weight is 773 g/mol. The molecule has 2 aromatic carbocycles. The van der Waals surface area contributed by atoms with E-state index in [-0.39, 0.29) is 30.1 Å². The van der Waals surface area contributed by atoms with Crippen LogP contribution in [0.3, 0.4) is 0 Å². The molecular formula is C34H44O20. The summed E-state index contributed by atoms with van der Waals surface area (Å²) in [6, 6.07) is 7.74. The van der Waals surface area contributed by atoms with E-state index in [4.69, 9.17) is 33.2 Å². The number of aromatic hydroxyl groups is 4. The van der Waals surface area contributed by atoms with Gasteiger partial charge < -0.3 is 94.4 Å². The highest BCUT2D eigenvalue weighted by Gasteiger charge is 2.52. The van der Waals surface area contributed by atoms with Crippen LogP contribution in [0.2, 0.25) is 0 Å². The van der Waals surface area contributed by atoms with Crippen LogP contribution in [0, 0.1) is 0 Å². The third-order valence-electron chi connectivity index (χ3n) is 9.01. The predicted octanol–water partition coefficient (Wildman–Crippen LogP) is -3.58. The van der Waals surface area contributed by atoms with Crippen molar-refractivity contribution in [2.75, 3.05) is 26.4 Å². The van der Waals surface area contributed by atoms with Crippen molar-refractivity contribution in [1.82, 2.24) is 0 Å². The van der Waals surface area contributed by atoms with Gasteiger partial charge in [-0.3, -0.25) is 0 Å². The van der Waals surface area contributed by atoms with Gasteiger partial charge in [0, 0.05) is 6.08 Å². The van der Waals surface area contributed by atoms with Crippen LogP contribution in [-0.4, -0.2) is 180 Å². The normalized spacial score (nSPS) is 35.9. The van der Waals surface area contributed by atoms with E-state index in [1.165, 1.54) is 36.4 Å².